The van der Waals surface area contributed by atoms with Crippen molar-refractivity contribution in [3.8, 4) is 44.5 Å². The minimum absolute atomic E-state index is 1.23. The molecular formula is C50H32. The molecule has 0 fully saturated rings. The van der Waals surface area contributed by atoms with Gasteiger partial charge in [-0.1, -0.05) is 164 Å². The van der Waals surface area contributed by atoms with Crippen LogP contribution in [-0.2, 0) is 0 Å². The first-order valence-corrected chi connectivity index (χ1v) is 17.3. The minimum Gasteiger partial charge on any atom is -0.0616 e. The van der Waals surface area contributed by atoms with Crippen LogP contribution in [0.2, 0.25) is 0 Å². The Balaban J connectivity index is 1.12. The van der Waals surface area contributed by atoms with Gasteiger partial charge in [-0.15, -0.1) is 0 Å². The summed E-state index contributed by atoms with van der Waals surface area (Å²) in [7, 11) is 0. The summed E-state index contributed by atoms with van der Waals surface area (Å²) in [4.78, 5) is 0. The molecule has 50 heavy (non-hydrogen) atoms. The third-order valence-corrected chi connectivity index (χ3v) is 10.4. The third-order valence-electron chi connectivity index (χ3n) is 10.4. The lowest BCUT2D eigenvalue weighted by molar-refractivity contribution is 1.63. The number of benzene rings is 10. The molecule has 10 aromatic carbocycles. The molecule has 0 nitrogen and oxygen atoms in total. The van der Waals surface area contributed by atoms with Gasteiger partial charge in [-0.3, -0.25) is 0 Å². The molecule has 0 aliphatic carbocycles. The molecule has 0 unspecified atom stereocenters. The Kier molecular flexibility index (Phi) is 6.60. The summed E-state index contributed by atoms with van der Waals surface area (Å²) in [6.07, 6.45) is 0. The molecule has 0 aliphatic heterocycles. The molecule has 0 heterocycles. The zero-order valence-electron chi connectivity index (χ0n) is 27.5. The molecule has 10 rings (SSSR count). The van der Waals surface area contributed by atoms with Crippen molar-refractivity contribution < 1.29 is 0 Å². The average molecular weight is 633 g/mol. The third kappa shape index (κ3) is 4.77. The van der Waals surface area contributed by atoms with E-state index < -0.39 is 0 Å². The van der Waals surface area contributed by atoms with E-state index in [4.69, 9.17) is 0 Å². The van der Waals surface area contributed by atoms with Crippen LogP contribution in [0.5, 0.6) is 0 Å². The number of hydrogen-bond acceptors (Lipinski definition) is 0. The molecule has 10 aromatic rings. The molecule has 0 bridgehead atoms. The van der Waals surface area contributed by atoms with Crippen molar-refractivity contribution in [2.45, 2.75) is 0 Å². The summed E-state index contributed by atoms with van der Waals surface area (Å²) in [5.41, 5.74) is 9.97. The topological polar surface area (TPSA) is 0 Å². The van der Waals surface area contributed by atoms with Crippen LogP contribution in [0.25, 0.3) is 98.4 Å². The van der Waals surface area contributed by atoms with Gasteiger partial charge in [0.05, 0.1) is 0 Å². The summed E-state index contributed by atoms with van der Waals surface area (Å²) < 4.78 is 0. The van der Waals surface area contributed by atoms with Crippen LogP contribution in [-0.4, -0.2) is 0 Å². The Hall–Kier alpha value is -6.50. The van der Waals surface area contributed by atoms with Gasteiger partial charge in [0.1, 0.15) is 0 Å². The molecule has 0 spiro atoms. The van der Waals surface area contributed by atoms with E-state index in [1.165, 1.54) is 98.4 Å². The predicted octanol–water partition coefficient (Wildman–Crippen LogP) is 14.1. The van der Waals surface area contributed by atoms with Crippen LogP contribution in [0.3, 0.4) is 0 Å². The van der Waals surface area contributed by atoms with E-state index in [1.54, 1.807) is 0 Å². The number of rotatable bonds is 4. The Morgan fingerprint density at radius 2 is 0.480 bits per heavy atom. The molecular weight excluding hydrogens is 601 g/mol. The summed E-state index contributed by atoms with van der Waals surface area (Å²) in [5.74, 6) is 0. The normalized spacial score (nSPS) is 11.6. The lowest BCUT2D eigenvalue weighted by atomic mass is 9.85. The van der Waals surface area contributed by atoms with E-state index in [0.29, 0.717) is 0 Å². The van der Waals surface area contributed by atoms with Crippen LogP contribution in [0, 0.1) is 0 Å². The highest BCUT2D eigenvalue weighted by atomic mass is 14.2. The maximum Gasteiger partial charge on any atom is -0.00262 e. The molecule has 0 aliphatic rings. The molecule has 0 aromatic heterocycles. The fraction of sp³-hybridized carbons (Fsp3) is 0. The highest BCUT2D eigenvalue weighted by Crippen LogP contribution is 2.45. The molecule has 0 saturated carbocycles. The molecule has 0 saturated heterocycles. The van der Waals surface area contributed by atoms with Gasteiger partial charge in [0.2, 0.25) is 0 Å². The van der Waals surface area contributed by atoms with Crippen molar-refractivity contribution in [1.82, 2.24) is 0 Å². The molecule has 0 radical (unpaired) electrons. The summed E-state index contributed by atoms with van der Waals surface area (Å²) >= 11 is 0. The number of hydrogen-bond donors (Lipinski definition) is 0. The van der Waals surface area contributed by atoms with E-state index in [2.05, 4.69) is 194 Å². The smallest absolute Gasteiger partial charge is 0.00262 e. The zero-order valence-corrected chi connectivity index (χ0v) is 27.5. The monoisotopic (exact) mass is 632 g/mol. The standard InChI is InChI=1S/C50H32/c1-3-12-35-28-38(22-20-33(35)10-1)37-14-9-15-43(31-37)49-45-16-5-7-18-47(45)50(48-19-8-6-17-46(48)49)44-27-26-41-30-40(24-25-42(41)32-44)39-23-21-34-11-2-4-13-36(34)29-39/h1-32H. The van der Waals surface area contributed by atoms with Crippen LogP contribution < -0.4 is 0 Å². The van der Waals surface area contributed by atoms with Crippen LogP contribution in [0.15, 0.2) is 194 Å². The second kappa shape index (κ2) is 11.6. The van der Waals surface area contributed by atoms with Crippen LogP contribution in [0.4, 0.5) is 0 Å². The van der Waals surface area contributed by atoms with Crippen molar-refractivity contribution >= 4 is 53.9 Å². The fourth-order valence-corrected chi connectivity index (χ4v) is 7.92. The van der Waals surface area contributed by atoms with Gasteiger partial charge >= 0.3 is 0 Å². The predicted molar refractivity (Wildman–Crippen MR) is 216 cm³/mol. The van der Waals surface area contributed by atoms with Crippen molar-refractivity contribution in [3.63, 3.8) is 0 Å². The van der Waals surface area contributed by atoms with Gasteiger partial charge in [-0.05, 0) is 129 Å². The quantitative estimate of drug-likeness (QED) is 0.169. The minimum atomic E-state index is 1.23. The SMILES string of the molecule is c1cc(-c2ccc3ccccc3c2)cc(-c2c3ccccc3c(-c3ccc4cc(-c5ccc6ccccc6c5)ccc4c3)c3ccccc23)c1. The Labute approximate surface area is 291 Å². The largest absolute Gasteiger partial charge is 0.0616 e. The van der Waals surface area contributed by atoms with Gasteiger partial charge in [-0.25, -0.2) is 0 Å². The second-order valence-electron chi connectivity index (χ2n) is 13.3. The van der Waals surface area contributed by atoms with Gasteiger partial charge in [0, 0.05) is 0 Å². The lowest BCUT2D eigenvalue weighted by Crippen LogP contribution is -1.91. The average Bonchev–Trinajstić information content (AvgIpc) is 3.19. The summed E-state index contributed by atoms with van der Waals surface area (Å²) in [6.45, 7) is 0. The first-order valence-electron chi connectivity index (χ1n) is 17.3. The highest BCUT2D eigenvalue weighted by molar-refractivity contribution is 6.22. The van der Waals surface area contributed by atoms with Crippen molar-refractivity contribution in [3.05, 3.63) is 194 Å². The van der Waals surface area contributed by atoms with Crippen molar-refractivity contribution in [2.24, 2.45) is 0 Å². The van der Waals surface area contributed by atoms with Crippen LogP contribution in [0.1, 0.15) is 0 Å². The van der Waals surface area contributed by atoms with Gasteiger partial charge in [0.25, 0.3) is 0 Å². The van der Waals surface area contributed by atoms with E-state index in [-0.39, 0.29) is 0 Å². The molecule has 0 heteroatoms. The van der Waals surface area contributed by atoms with E-state index in [1.807, 2.05) is 0 Å². The fourth-order valence-electron chi connectivity index (χ4n) is 7.92. The van der Waals surface area contributed by atoms with Crippen LogP contribution >= 0.6 is 0 Å². The van der Waals surface area contributed by atoms with E-state index in [9.17, 15) is 0 Å². The molecule has 0 amide bonds. The van der Waals surface area contributed by atoms with Gasteiger partial charge < -0.3 is 0 Å². The van der Waals surface area contributed by atoms with Crippen molar-refractivity contribution in [2.75, 3.05) is 0 Å². The summed E-state index contributed by atoms with van der Waals surface area (Å²) in [5, 5.41) is 12.6. The Morgan fingerprint density at radius 3 is 0.960 bits per heavy atom. The maximum atomic E-state index is 2.37. The summed E-state index contributed by atoms with van der Waals surface area (Å²) in [6, 6.07) is 71.4. The molecule has 232 valence electrons. The molecule has 0 N–H and O–H groups in total. The Bertz CT molecular complexity index is 2870. The van der Waals surface area contributed by atoms with E-state index in [0.717, 1.165) is 0 Å². The first kappa shape index (κ1) is 28.5. The van der Waals surface area contributed by atoms with E-state index >= 15 is 0 Å². The molecule has 0 atom stereocenters. The lowest BCUT2D eigenvalue weighted by Gasteiger charge is -2.18. The van der Waals surface area contributed by atoms with Gasteiger partial charge in [0.15, 0.2) is 0 Å². The first-order chi connectivity index (χ1) is 24.8. The highest BCUT2D eigenvalue weighted by Gasteiger charge is 2.17. The second-order valence-corrected chi connectivity index (χ2v) is 13.3. The van der Waals surface area contributed by atoms with Gasteiger partial charge in [-0.2, -0.15) is 0 Å². The zero-order chi connectivity index (χ0) is 33.0. The Morgan fingerprint density at radius 1 is 0.180 bits per heavy atom. The number of fused-ring (bicyclic) bond motifs is 5. The van der Waals surface area contributed by atoms with Crippen molar-refractivity contribution in [1.29, 1.82) is 0 Å². The maximum absolute atomic E-state index is 2.37.